The van der Waals surface area contributed by atoms with Gasteiger partial charge in [0.05, 0.1) is 6.04 Å². The molecule has 6 nitrogen and oxygen atoms in total. The third kappa shape index (κ3) is 8.98. The van der Waals surface area contributed by atoms with E-state index in [0.717, 1.165) is 12.0 Å². The van der Waals surface area contributed by atoms with Gasteiger partial charge in [-0.15, -0.1) is 0 Å². The molecule has 2 amide bonds. The van der Waals surface area contributed by atoms with Crippen molar-refractivity contribution in [3.8, 4) is 0 Å². The van der Waals surface area contributed by atoms with Crippen LogP contribution in [0.5, 0.6) is 0 Å². The van der Waals surface area contributed by atoms with Crippen molar-refractivity contribution in [2.45, 2.75) is 59.3 Å². The van der Waals surface area contributed by atoms with Gasteiger partial charge in [0.15, 0.2) is 0 Å². The number of alkyl carbamates (subject to hydrolysis) is 2. The van der Waals surface area contributed by atoms with Gasteiger partial charge in [0.25, 0.3) is 0 Å². The van der Waals surface area contributed by atoms with Crippen molar-refractivity contribution in [3.05, 3.63) is 35.9 Å². The minimum Gasteiger partial charge on any atom is -0.445 e. The highest BCUT2D eigenvalue weighted by molar-refractivity contribution is 5.69. The number of carbonyl (C=O) groups is 2. The van der Waals surface area contributed by atoms with E-state index in [0.29, 0.717) is 0 Å². The van der Waals surface area contributed by atoms with Crippen molar-refractivity contribution < 1.29 is 19.1 Å². The zero-order valence-electron chi connectivity index (χ0n) is 15.8. The molecule has 1 rings (SSSR count). The van der Waals surface area contributed by atoms with Gasteiger partial charge in [0, 0.05) is 6.54 Å². The van der Waals surface area contributed by atoms with Gasteiger partial charge in [-0.2, -0.15) is 0 Å². The summed E-state index contributed by atoms with van der Waals surface area (Å²) in [5, 5.41) is 5.53. The van der Waals surface area contributed by atoms with Gasteiger partial charge in [-0.25, -0.2) is 9.59 Å². The summed E-state index contributed by atoms with van der Waals surface area (Å²) in [7, 11) is 0. The van der Waals surface area contributed by atoms with E-state index < -0.39 is 17.8 Å². The Morgan fingerprint density at radius 2 is 1.76 bits per heavy atom. The molecule has 0 radical (unpaired) electrons. The van der Waals surface area contributed by atoms with Gasteiger partial charge in [-0.1, -0.05) is 50.6 Å². The lowest BCUT2D eigenvalue weighted by atomic mass is 9.99. The predicted octanol–water partition coefficient (Wildman–Crippen LogP) is 3.85. The fourth-order valence-electron chi connectivity index (χ4n) is 2.11. The maximum atomic E-state index is 12.0. The normalized spacial score (nSPS) is 13.5. The summed E-state index contributed by atoms with van der Waals surface area (Å²) in [6.45, 7) is 9.96. The van der Waals surface area contributed by atoms with Crippen LogP contribution in [0.15, 0.2) is 30.3 Å². The lowest BCUT2D eigenvalue weighted by Crippen LogP contribution is -2.48. The van der Waals surface area contributed by atoms with E-state index in [2.05, 4.69) is 10.6 Å². The first kappa shape index (κ1) is 20.8. The highest BCUT2D eigenvalue weighted by atomic mass is 16.6. The Balaban J connectivity index is 2.46. The first-order valence-corrected chi connectivity index (χ1v) is 8.65. The number of benzene rings is 1. The third-order valence-corrected chi connectivity index (χ3v) is 3.71. The van der Waals surface area contributed by atoms with Crippen LogP contribution in [0.2, 0.25) is 0 Å². The molecule has 0 aromatic heterocycles. The van der Waals surface area contributed by atoms with Crippen LogP contribution in [0.4, 0.5) is 9.59 Å². The molecule has 0 saturated carbocycles. The average molecular weight is 350 g/mol. The van der Waals surface area contributed by atoms with Crippen molar-refractivity contribution in [3.63, 3.8) is 0 Å². The first-order chi connectivity index (χ1) is 11.7. The Kier molecular flexibility index (Phi) is 8.25. The highest BCUT2D eigenvalue weighted by Crippen LogP contribution is 2.11. The molecule has 140 valence electrons. The van der Waals surface area contributed by atoms with Crippen molar-refractivity contribution in [1.29, 1.82) is 0 Å². The molecule has 2 N–H and O–H groups in total. The maximum absolute atomic E-state index is 12.0. The van der Waals surface area contributed by atoms with Crippen LogP contribution >= 0.6 is 0 Å². The van der Waals surface area contributed by atoms with Gasteiger partial charge in [-0.3, -0.25) is 0 Å². The summed E-state index contributed by atoms with van der Waals surface area (Å²) >= 11 is 0. The Labute approximate surface area is 150 Å². The molecule has 0 saturated heterocycles. The Bertz CT molecular complexity index is 540. The van der Waals surface area contributed by atoms with E-state index in [1.807, 2.05) is 65.0 Å². The van der Waals surface area contributed by atoms with E-state index in [9.17, 15) is 9.59 Å². The second-order valence-electron chi connectivity index (χ2n) is 7.08. The summed E-state index contributed by atoms with van der Waals surface area (Å²) in [6, 6.07) is 9.23. The van der Waals surface area contributed by atoms with Crippen LogP contribution < -0.4 is 10.6 Å². The minimum atomic E-state index is -0.563. The number of rotatable bonds is 7. The molecule has 0 aliphatic rings. The zero-order valence-corrected chi connectivity index (χ0v) is 15.8. The standard InChI is InChI=1S/C19H30N2O4/c1-6-14(2)16(21-18(23)25-19(3,4)5)12-20-17(22)24-13-15-10-8-7-9-11-15/h7-11,14,16H,6,12-13H2,1-5H3,(H,20,22)(H,21,23). The smallest absolute Gasteiger partial charge is 0.407 e. The Hall–Kier alpha value is -2.24. The van der Waals surface area contributed by atoms with E-state index in [4.69, 9.17) is 9.47 Å². The second-order valence-corrected chi connectivity index (χ2v) is 7.08. The number of hydrogen-bond acceptors (Lipinski definition) is 4. The summed E-state index contributed by atoms with van der Waals surface area (Å²) in [5.74, 6) is 0.182. The average Bonchev–Trinajstić information content (AvgIpc) is 2.55. The number of carbonyl (C=O) groups excluding carboxylic acids is 2. The van der Waals surface area contributed by atoms with Crippen molar-refractivity contribution in [1.82, 2.24) is 10.6 Å². The van der Waals surface area contributed by atoms with E-state index >= 15 is 0 Å². The van der Waals surface area contributed by atoms with Gasteiger partial charge in [0.2, 0.25) is 0 Å². The number of ether oxygens (including phenoxy) is 2. The lowest BCUT2D eigenvalue weighted by Gasteiger charge is -2.27. The Morgan fingerprint density at radius 1 is 1.12 bits per heavy atom. The summed E-state index contributed by atoms with van der Waals surface area (Å²) in [4.78, 5) is 23.8. The molecule has 0 fully saturated rings. The van der Waals surface area contributed by atoms with E-state index in [1.165, 1.54) is 0 Å². The van der Waals surface area contributed by atoms with Gasteiger partial charge in [0.1, 0.15) is 12.2 Å². The van der Waals surface area contributed by atoms with Crippen LogP contribution in [0, 0.1) is 5.92 Å². The van der Waals surface area contributed by atoms with Crippen LogP contribution in [0.3, 0.4) is 0 Å². The molecule has 1 aromatic carbocycles. The van der Waals surface area contributed by atoms with E-state index in [-0.39, 0.29) is 25.1 Å². The monoisotopic (exact) mass is 350 g/mol. The van der Waals surface area contributed by atoms with Crippen LogP contribution in [-0.2, 0) is 16.1 Å². The third-order valence-electron chi connectivity index (χ3n) is 3.71. The molecule has 6 heteroatoms. The Morgan fingerprint density at radius 3 is 2.32 bits per heavy atom. The van der Waals surface area contributed by atoms with Gasteiger partial charge < -0.3 is 20.1 Å². The molecule has 0 heterocycles. The van der Waals surface area contributed by atoms with E-state index in [1.54, 1.807) is 0 Å². The zero-order chi connectivity index (χ0) is 18.9. The summed E-state index contributed by atoms with van der Waals surface area (Å²) < 4.78 is 10.5. The number of nitrogens with one attached hydrogen (secondary N) is 2. The molecule has 25 heavy (non-hydrogen) atoms. The molecule has 0 bridgehead atoms. The first-order valence-electron chi connectivity index (χ1n) is 8.65. The van der Waals surface area contributed by atoms with Crippen molar-refractivity contribution in [2.75, 3.05) is 6.54 Å². The number of amides is 2. The van der Waals surface area contributed by atoms with Crippen LogP contribution in [0.1, 0.15) is 46.6 Å². The molecule has 1 aromatic rings. The predicted molar refractivity (Wildman–Crippen MR) is 97.2 cm³/mol. The quantitative estimate of drug-likeness (QED) is 0.783. The second kappa shape index (κ2) is 9.91. The highest BCUT2D eigenvalue weighted by Gasteiger charge is 2.23. The van der Waals surface area contributed by atoms with Gasteiger partial charge >= 0.3 is 12.2 Å². The van der Waals surface area contributed by atoms with Crippen LogP contribution in [0.25, 0.3) is 0 Å². The van der Waals surface area contributed by atoms with Crippen LogP contribution in [-0.4, -0.2) is 30.4 Å². The topological polar surface area (TPSA) is 76.7 Å². The maximum Gasteiger partial charge on any atom is 0.407 e. The summed E-state index contributed by atoms with van der Waals surface area (Å²) in [5.41, 5.74) is 0.356. The SMILES string of the molecule is CCC(C)C(CNC(=O)OCc1ccccc1)NC(=O)OC(C)(C)C. The molecular formula is C19H30N2O4. The van der Waals surface area contributed by atoms with Gasteiger partial charge in [-0.05, 0) is 32.3 Å². The fraction of sp³-hybridized carbons (Fsp3) is 0.579. The fourth-order valence-corrected chi connectivity index (χ4v) is 2.11. The lowest BCUT2D eigenvalue weighted by molar-refractivity contribution is 0.0484. The molecule has 2 atom stereocenters. The molecule has 0 aliphatic carbocycles. The molecule has 0 spiro atoms. The molecule has 2 unspecified atom stereocenters. The number of hydrogen-bond donors (Lipinski definition) is 2. The van der Waals surface area contributed by atoms with Crippen molar-refractivity contribution in [2.24, 2.45) is 5.92 Å². The van der Waals surface area contributed by atoms with Crippen molar-refractivity contribution >= 4 is 12.2 Å². The minimum absolute atomic E-state index is 0.182. The molecular weight excluding hydrogens is 320 g/mol. The summed E-state index contributed by atoms with van der Waals surface area (Å²) in [6.07, 6.45) is -0.137. The largest absolute Gasteiger partial charge is 0.445 e. The molecule has 0 aliphatic heterocycles.